The van der Waals surface area contributed by atoms with Gasteiger partial charge in [0.15, 0.2) is 0 Å². The lowest BCUT2D eigenvalue weighted by Crippen LogP contribution is -2.51. The fraction of sp³-hybridized carbons (Fsp3) is 0.667. The second-order valence-electron chi connectivity index (χ2n) is 4.69. The van der Waals surface area contributed by atoms with Gasteiger partial charge >= 0.3 is 0 Å². The highest BCUT2D eigenvalue weighted by atomic mass is 35.5. The van der Waals surface area contributed by atoms with E-state index in [1.807, 2.05) is 18.7 Å². The number of amides is 1. The van der Waals surface area contributed by atoms with Gasteiger partial charge in [-0.1, -0.05) is 0 Å². The molecule has 110 valence electrons. The highest BCUT2D eigenvalue weighted by molar-refractivity contribution is 7.11. The first-order valence-electron chi connectivity index (χ1n) is 6.08. The Hall–Kier alpha value is -0.360. The molecular formula is C12H21Cl2N3OS. The molecule has 2 N–H and O–H groups in total. The molecule has 1 aliphatic heterocycles. The number of carbonyl (C=O) groups excluding carboxylic acids is 1. The molecule has 4 nitrogen and oxygen atoms in total. The summed E-state index contributed by atoms with van der Waals surface area (Å²) in [7, 11) is 0. The average molecular weight is 326 g/mol. The number of nitrogens with zero attached hydrogens (tertiary/aromatic N) is 2. The predicted octanol–water partition coefficient (Wildman–Crippen LogP) is 2.64. The second kappa shape index (κ2) is 8.04. The van der Waals surface area contributed by atoms with Crippen molar-refractivity contribution in [2.24, 2.45) is 5.73 Å². The van der Waals surface area contributed by atoms with Gasteiger partial charge in [-0.05, 0) is 33.1 Å². The Morgan fingerprint density at radius 1 is 1.53 bits per heavy atom. The minimum absolute atomic E-state index is 0. The molecule has 0 aromatic carbocycles. The van der Waals surface area contributed by atoms with Crippen LogP contribution in [0.25, 0.3) is 0 Å². The number of piperidine rings is 1. The largest absolute Gasteiger partial charge is 0.333 e. The van der Waals surface area contributed by atoms with Gasteiger partial charge in [0, 0.05) is 18.6 Å². The summed E-state index contributed by atoms with van der Waals surface area (Å²) in [6.45, 7) is 4.69. The molecule has 0 bridgehead atoms. The van der Waals surface area contributed by atoms with Gasteiger partial charge in [0.05, 0.1) is 11.2 Å². The van der Waals surface area contributed by atoms with Crippen LogP contribution in [0.15, 0.2) is 5.51 Å². The first kappa shape index (κ1) is 18.6. The Morgan fingerprint density at radius 2 is 2.21 bits per heavy atom. The van der Waals surface area contributed by atoms with E-state index < -0.39 is 0 Å². The molecule has 0 spiro atoms. The van der Waals surface area contributed by atoms with Gasteiger partial charge in [0.25, 0.3) is 5.91 Å². The Labute approximate surface area is 130 Å². The molecule has 1 fully saturated rings. The minimum atomic E-state index is 0. The van der Waals surface area contributed by atoms with Crippen LogP contribution >= 0.6 is 36.2 Å². The van der Waals surface area contributed by atoms with Crippen LogP contribution in [0.5, 0.6) is 0 Å². The molecule has 1 aromatic heterocycles. The number of halogens is 2. The predicted molar refractivity (Wildman–Crippen MR) is 83.7 cm³/mol. The van der Waals surface area contributed by atoms with Gasteiger partial charge in [0.1, 0.15) is 4.88 Å². The fourth-order valence-corrected chi connectivity index (χ4v) is 3.15. The highest BCUT2D eigenvalue weighted by Gasteiger charge is 2.31. The maximum Gasteiger partial charge on any atom is 0.266 e. The van der Waals surface area contributed by atoms with Crippen molar-refractivity contribution in [2.75, 3.05) is 6.54 Å². The van der Waals surface area contributed by atoms with Crippen LogP contribution in [0.4, 0.5) is 0 Å². The number of likely N-dealkylation sites (tertiary alicyclic amines) is 1. The summed E-state index contributed by atoms with van der Waals surface area (Å²) in [6, 6.07) is 0.213. The molecule has 2 rings (SSSR count). The van der Waals surface area contributed by atoms with Crippen LogP contribution in [-0.2, 0) is 0 Å². The summed E-state index contributed by atoms with van der Waals surface area (Å²) >= 11 is 1.42. The zero-order valence-electron chi connectivity index (χ0n) is 11.2. The topological polar surface area (TPSA) is 59.2 Å². The maximum atomic E-state index is 12.4. The van der Waals surface area contributed by atoms with Crippen LogP contribution in [0.2, 0.25) is 0 Å². The minimum Gasteiger partial charge on any atom is -0.333 e. The monoisotopic (exact) mass is 325 g/mol. The smallest absolute Gasteiger partial charge is 0.266 e. The zero-order valence-corrected chi connectivity index (χ0v) is 13.6. The molecule has 1 aromatic rings. The van der Waals surface area contributed by atoms with Gasteiger partial charge in [0.2, 0.25) is 0 Å². The fourth-order valence-electron chi connectivity index (χ4n) is 2.39. The quantitative estimate of drug-likeness (QED) is 0.909. The maximum absolute atomic E-state index is 12.4. The van der Waals surface area contributed by atoms with E-state index in [1.165, 1.54) is 11.3 Å². The van der Waals surface area contributed by atoms with Gasteiger partial charge in [-0.25, -0.2) is 4.98 Å². The van der Waals surface area contributed by atoms with Crippen LogP contribution in [0.3, 0.4) is 0 Å². The first-order valence-corrected chi connectivity index (χ1v) is 6.96. The number of thiazole rings is 1. The number of hydrogen-bond donors (Lipinski definition) is 1. The van der Waals surface area contributed by atoms with E-state index in [0.717, 1.165) is 36.4 Å². The van der Waals surface area contributed by atoms with E-state index in [1.54, 1.807) is 5.51 Å². The zero-order chi connectivity index (χ0) is 12.4. The third kappa shape index (κ3) is 4.05. The summed E-state index contributed by atoms with van der Waals surface area (Å²) < 4.78 is 0. The Balaban J connectivity index is 0.00000162. The van der Waals surface area contributed by atoms with Crippen molar-refractivity contribution in [3.05, 3.63) is 16.1 Å². The molecule has 19 heavy (non-hydrogen) atoms. The summed E-state index contributed by atoms with van der Waals surface area (Å²) in [4.78, 5) is 19.3. The van der Waals surface area contributed by atoms with E-state index in [4.69, 9.17) is 5.73 Å². The lowest BCUT2D eigenvalue weighted by Gasteiger charge is -2.37. The number of nitrogens with two attached hydrogens (primary N) is 1. The third-order valence-corrected chi connectivity index (χ3v) is 4.27. The van der Waals surface area contributed by atoms with Crippen LogP contribution in [-0.4, -0.2) is 34.4 Å². The molecule has 0 aliphatic carbocycles. The van der Waals surface area contributed by atoms with E-state index in [9.17, 15) is 4.79 Å². The van der Waals surface area contributed by atoms with Crippen molar-refractivity contribution in [1.29, 1.82) is 0 Å². The lowest BCUT2D eigenvalue weighted by molar-refractivity contribution is 0.0588. The number of rotatable bonds is 2. The number of aromatic nitrogens is 1. The van der Waals surface area contributed by atoms with Crippen LogP contribution in [0.1, 0.15) is 41.6 Å². The highest BCUT2D eigenvalue weighted by Crippen LogP contribution is 2.23. The molecule has 1 saturated heterocycles. The Kier molecular flexibility index (Phi) is 7.89. The molecular weight excluding hydrogens is 305 g/mol. The van der Waals surface area contributed by atoms with E-state index in [0.29, 0.717) is 0 Å². The molecule has 7 heteroatoms. The van der Waals surface area contributed by atoms with E-state index in [2.05, 4.69) is 4.98 Å². The normalized spacial score (nSPS) is 20.2. The van der Waals surface area contributed by atoms with Crippen molar-refractivity contribution in [3.8, 4) is 0 Å². The number of carbonyl (C=O) groups is 1. The third-order valence-electron chi connectivity index (χ3n) is 3.36. The molecule has 0 radical (unpaired) electrons. The van der Waals surface area contributed by atoms with Crippen molar-refractivity contribution < 1.29 is 4.79 Å². The average Bonchev–Trinajstić information content (AvgIpc) is 2.74. The van der Waals surface area contributed by atoms with Crippen molar-refractivity contribution in [3.63, 3.8) is 0 Å². The van der Waals surface area contributed by atoms with E-state index >= 15 is 0 Å². The summed E-state index contributed by atoms with van der Waals surface area (Å²) in [6.07, 6.45) is 3.26. The van der Waals surface area contributed by atoms with Crippen LogP contribution < -0.4 is 5.73 Å². The van der Waals surface area contributed by atoms with Crippen LogP contribution in [0, 0.1) is 6.92 Å². The van der Waals surface area contributed by atoms with Crippen molar-refractivity contribution in [1.82, 2.24) is 9.88 Å². The standard InChI is InChI=1S/C12H19N3OS.2ClH/c1-8(13)10-5-3-4-6-15(10)12(16)11-9(2)14-7-17-11;;/h7-8,10H,3-6,13H2,1-2H3;2*1H. The van der Waals surface area contributed by atoms with Gasteiger partial charge in [-0.2, -0.15) is 0 Å². The molecule has 0 saturated carbocycles. The van der Waals surface area contributed by atoms with Crippen molar-refractivity contribution in [2.45, 2.75) is 45.2 Å². The van der Waals surface area contributed by atoms with Crippen molar-refractivity contribution >= 4 is 42.1 Å². The Morgan fingerprint density at radius 3 is 2.74 bits per heavy atom. The van der Waals surface area contributed by atoms with E-state index in [-0.39, 0.29) is 42.8 Å². The lowest BCUT2D eigenvalue weighted by atomic mass is 9.96. The summed E-state index contributed by atoms with van der Waals surface area (Å²) in [5, 5.41) is 0. The van der Waals surface area contributed by atoms with Gasteiger partial charge in [-0.15, -0.1) is 36.2 Å². The summed E-state index contributed by atoms with van der Waals surface area (Å²) in [5.74, 6) is 0.104. The molecule has 1 aliphatic rings. The molecule has 2 atom stereocenters. The number of hydrogen-bond acceptors (Lipinski definition) is 4. The molecule has 2 unspecified atom stereocenters. The van der Waals surface area contributed by atoms with Gasteiger partial charge < -0.3 is 10.6 Å². The second-order valence-corrected chi connectivity index (χ2v) is 5.54. The number of aryl methyl sites for hydroxylation is 1. The molecule has 2 heterocycles. The van der Waals surface area contributed by atoms with Gasteiger partial charge in [-0.3, -0.25) is 4.79 Å². The SMILES string of the molecule is Cc1ncsc1C(=O)N1CCCCC1C(C)N.Cl.Cl. The molecule has 1 amide bonds. The Bertz CT molecular complexity index is 411. The summed E-state index contributed by atoms with van der Waals surface area (Å²) in [5.41, 5.74) is 8.54. The first-order chi connectivity index (χ1) is 8.11.